The van der Waals surface area contributed by atoms with Gasteiger partial charge in [0.05, 0.1) is 5.56 Å². The van der Waals surface area contributed by atoms with E-state index in [4.69, 9.17) is 5.84 Å². The van der Waals surface area contributed by atoms with Gasteiger partial charge in [-0.1, -0.05) is 42.3 Å². The maximum Gasteiger partial charge on any atom is 0.416 e. The van der Waals surface area contributed by atoms with Crippen molar-refractivity contribution in [3.8, 4) is 0 Å². The highest BCUT2D eigenvalue weighted by atomic mass is 79.9. The Kier molecular flexibility index (Phi) is 5.19. The van der Waals surface area contributed by atoms with E-state index in [1.54, 1.807) is 6.07 Å². The topological polar surface area (TPSA) is 38.0 Å². The minimum atomic E-state index is -4.39. The fourth-order valence-corrected chi connectivity index (χ4v) is 2.20. The molecule has 3 N–H and O–H groups in total. The van der Waals surface area contributed by atoms with E-state index in [1.807, 2.05) is 13.8 Å². The maximum atomic E-state index is 13.0. The van der Waals surface area contributed by atoms with Crippen LogP contribution in [0.1, 0.15) is 37.4 Å². The summed E-state index contributed by atoms with van der Waals surface area (Å²) in [5.74, 6) is 5.41. The molecule has 1 aromatic rings. The molecule has 0 heterocycles. The van der Waals surface area contributed by atoms with Crippen LogP contribution in [0, 0.1) is 5.92 Å². The number of rotatable bonds is 4. The van der Waals surface area contributed by atoms with Gasteiger partial charge in [-0.3, -0.25) is 11.3 Å². The van der Waals surface area contributed by atoms with E-state index in [1.165, 1.54) is 6.07 Å². The van der Waals surface area contributed by atoms with Crippen LogP contribution in [-0.4, -0.2) is 0 Å². The van der Waals surface area contributed by atoms with Crippen LogP contribution in [0.5, 0.6) is 0 Å². The van der Waals surface area contributed by atoms with Crippen molar-refractivity contribution in [2.24, 2.45) is 11.8 Å². The molecular formula is C12H16BrF3N2. The number of halogens is 4. The van der Waals surface area contributed by atoms with Crippen molar-refractivity contribution in [1.29, 1.82) is 0 Å². The van der Waals surface area contributed by atoms with Crippen LogP contribution in [0.15, 0.2) is 22.7 Å². The molecule has 0 aliphatic rings. The van der Waals surface area contributed by atoms with Gasteiger partial charge in [0, 0.05) is 10.5 Å². The quantitative estimate of drug-likeness (QED) is 0.648. The molecule has 0 aliphatic heterocycles. The number of benzene rings is 1. The van der Waals surface area contributed by atoms with Crippen LogP contribution in [0.25, 0.3) is 0 Å². The second kappa shape index (κ2) is 6.04. The second-order valence-electron chi connectivity index (χ2n) is 4.26. The molecule has 0 fully saturated rings. The molecule has 1 rings (SSSR count). The molecular weight excluding hydrogens is 309 g/mol. The molecule has 0 saturated carbocycles. The fourth-order valence-electron chi connectivity index (χ4n) is 1.84. The van der Waals surface area contributed by atoms with E-state index in [0.717, 1.165) is 12.5 Å². The predicted molar refractivity (Wildman–Crippen MR) is 68.7 cm³/mol. The standard InChI is InChI=1S/C12H16BrF3N2/c1-3-7(2)11(18-17)9-5-4-8(13)6-10(9)12(14,15)16/h4-7,11,18H,3,17H2,1-2H3. The lowest BCUT2D eigenvalue weighted by atomic mass is 9.90. The Morgan fingerprint density at radius 3 is 2.44 bits per heavy atom. The minimum absolute atomic E-state index is 0.0114. The summed E-state index contributed by atoms with van der Waals surface area (Å²) in [7, 11) is 0. The Hall–Kier alpha value is -0.590. The molecule has 0 bridgehead atoms. The summed E-state index contributed by atoms with van der Waals surface area (Å²) in [5, 5.41) is 0. The molecule has 0 saturated heterocycles. The number of hydrazine groups is 1. The largest absolute Gasteiger partial charge is 0.416 e. The van der Waals surface area contributed by atoms with Gasteiger partial charge >= 0.3 is 6.18 Å². The van der Waals surface area contributed by atoms with Gasteiger partial charge < -0.3 is 0 Å². The van der Waals surface area contributed by atoms with Gasteiger partial charge in [-0.2, -0.15) is 13.2 Å². The van der Waals surface area contributed by atoms with Crippen molar-refractivity contribution >= 4 is 15.9 Å². The van der Waals surface area contributed by atoms with Gasteiger partial charge in [-0.05, 0) is 23.6 Å². The van der Waals surface area contributed by atoms with Gasteiger partial charge in [0.15, 0.2) is 0 Å². The third kappa shape index (κ3) is 3.46. The van der Waals surface area contributed by atoms with Crippen molar-refractivity contribution < 1.29 is 13.2 Å². The van der Waals surface area contributed by atoms with Crippen LogP contribution in [-0.2, 0) is 6.18 Å². The van der Waals surface area contributed by atoms with E-state index in [-0.39, 0.29) is 11.5 Å². The number of nitrogens with one attached hydrogen (secondary N) is 1. The Morgan fingerprint density at radius 1 is 1.39 bits per heavy atom. The predicted octanol–water partition coefficient (Wildman–Crippen LogP) is 4.02. The zero-order valence-electron chi connectivity index (χ0n) is 10.2. The number of hydrogen-bond acceptors (Lipinski definition) is 2. The molecule has 2 atom stereocenters. The molecule has 2 unspecified atom stereocenters. The summed E-state index contributed by atoms with van der Waals surface area (Å²) in [6.07, 6.45) is -3.65. The molecule has 0 radical (unpaired) electrons. The van der Waals surface area contributed by atoms with Crippen LogP contribution in [0.3, 0.4) is 0 Å². The fraction of sp³-hybridized carbons (Fsp3) is 0.500. The average molecular weight is 325 g/mol. The van der Waals surface area contributed by atoms with Gasteiger partial charge in [-0.25, -0.2) is 0 Å². The lowest BCUT2D eigenvalue weighted by Gasteiger charge is -2.25. The summed E-state index contributed by atoms with van der Waals surface area (Å²) in [6.45, 7) is 3.79. The third-order valence-electron chi connectivity index (χ3n) is 3.05. The Labute approximate surface area is 113 Å². The average Bonchev–Trinajstić information content (AvgIpc) is 2.30. The first kappa shape index (κ1) is 15.5. The van der Waals surface area contributed by atoms with Crippen LogP contribution in [0.2, 0.25) is 0 Å². The molecule has 1 aromatic carbocycles. The zero-order chi connectivity index (χ0) is 13.9. The Morgan fingerprint density at radius 2 is 2.00 bits per heavy atom. The molecule has 0 aliphatic carbocycles. The third-order valence-corrected chi connectivity index (χ3v) is 3.54. The van der Waals surface area contributed by atoms with E-state index >= 15 is 0 Å². The summed E-state index contributed by atoms with van der Waals surface area (Å²) in [5.41, 5.74) is 2.02. The van der Waals surface area contributed by atoms with Crippen LogP contribution in [0.4, 0.5) is 13.2 Å². The van der Waals surface area contributed by atoms with E-state index < -0.39 is 17.8 Å². The van der Waals surface area contributed by atoms with Crippen molar-refractivity contribution in [2.75, 3.05) is 0 Å². The first-order valence-corrected chi connectivity index (χ1v) is 6.43. The molecule has 6 heteroatoms. The highest BCUT2D eigenvalue weighted by Gasteiger charge is 2.36. The highest BCUT2D eigenvalue weighted by molar-refractivity contribution is 9.10. The highest BCUT2D eigenvalue weighted by Crippen LogP contribution is 2.38. The molecule has 0 aromatic heterocycles. The van der Waals surface area contributed by atoms with E-state index in [0.29, 0.717) is 4.47 Å². The van der Waals surface area contributed by atoms with Gasteiger partial charge in [0.2, 0.25) is 0 Å². The first-order chi connectivity index (χ1) is 8.31. The van der Waals surface area contributed by atoms with Crippen LogP contribution < -0.4 is 11.3 Å². The van der Waals surface area contributed by atoms with Gasteiger partial charge in [-0.15, -0.1) is 0 Å². The van der Waals surface area contributed by atoms with Crippen LogP contribution >= 0.6 is 15.9 Å². The molecule has 2 nitrogen and oxygen atoms in total. The number of hydrogen-bond donors (Lipinski definition) is 2. The molecule has 18 heavy (non-hydrogen) atoms. The number of nitrogens with two attached hydrogens (primary N) is 1. The van der Waals surface area contributed by atoms with Gasteiger partial charge in [0.25, 0.3) is 0 Å². The lowest BCUT2D eigenvalue weighted by molar-refractivity contribution is -0.138. The van der Waals surface area contributed by atoms with Crippen molar-refractivity contribution in [3.05, 3.63) is 33.8 Å². The molecule has 0 amide bonds. The monoisotopic (exact) mass is 324 g/mol. The summed E-state index contributed by atoms with van der Waals surface area (Å²) >= 11 is 3.06. The van der Waals surface area contributed by atoms with Crippen molar-refractivity contribution in [3.63, 3.8) is 0 Å². The first-order valence-electron chi connectivity index (χ1n) is 5.64. The summed E-state index contributed by atoms with van der Waals surface area (Å²) in [4.78, 5) is 0. The Balaban J connectivity index is 3.30. The van der Waals surface area contributed by atoms with E-state index in [2.05, 4.69) is 21.4 Å². The molecule has 0 spiro atoms. The normalized spacial score (nSPS) is 15.5. The lowest BCUT2D eigenvalue weighted by Crippen LogP contribution is -2.33. The SMILES string of the molecule is CCC(C)C(NN)c1ccc(Br)cc1C(F)(F)F. The van der Waals surface area contributed by atoms with E-state index in [9.17, 15) is 13.2 Å². The second-order valence-corrected chi connectivity index (χ2v) is 5.17. The maximum absolute atomic E-state index is 13.0. The molecule has 102 valence electrons. The summed E-state index contributed by atoms with van der Waals surface area (Å²) in [6, 6.07) is 3.63. The smallest absolute Gasteiger partial charge is 0.271 e. The Bertz CT molecular complexity index is 407. The summed E-state index contributed by atoms with van der Waals surface area (Å²) < 4.78 is 39.4. The number of alkyl halides is 3. The van der Waals surface area contributed by atoms with Gasteiger partial charge in [0.1, 0.15) is 0 Å². The van der Waals surface area contributed by atoms with Crippen molar-refractivity contribution in [2.45, 2.75) is 32.5 Å². The minimum Gasteiger partial charge on any atom is -0.271 e. The van der Waals surface area contributed by atoms with Crippen molar-refractivity contribution in [1.82, 2.24) is 5.43 Å². The zero-order valence-corrected chi connectivity index (χ0v) is 11.8.